The molecule has 0 aliphatic rings. The number of unbranched alkanes of at least 4 members (excludes halogenated alkanes) is 29. The van der Waals surface area contributed by atoms with Gasteiger partial charge >= 0.3 is 19.8 Å². The van der Waals surface area contributed by atoms with Gasteiger partial charge in [0, 0.05) is 12.8 Å². The van der Waals surface area contributed by atoms with Crippen LogP contribution >= 0.6 is 7.82 Å². The molecule has 0 saturated heterocycles. The second-order valence-electron chi connectivity index (χ2n) is 15.4. The Hall–Kier alpha value is -1.03. The minimum Gasteiger partial charge on any atom is -0.462 e. The van der Waals surface area contributed by atoms with Gasteiger partial charge in [-0.05, 0) is 12.8 Å². The zero-order valence-electron chi connectivity index (χ0n) is 35.0. The van der Waals surface area contributed by atoms with Crippen molar-refractivity contribution in [2.75, 3.05) is 26.4 Å². The Morgan fingerprint density at radius 1 is 0.481 bits per heavy atom. The minimum absolute atomic E-state index is 0.189. The van der Waals surface area contributed by atoms with E-state index in [0.29, 0.717) is 12.8 Å². The molecule has 11 heteroatoms. The van der Waals surface area contributed by atoms with E-state index in [4.69, 9.17) is 19.1 Å². The summed E-state index contributed by atoms with van der Waals surface area (Å²) in [5.41, 5.74) is 0. The molecule has 54 heavy (non-hydrogen) atoms. The van der Waals surface area contributed by atoms with Gasteiger partial charge in [0.15, 0.2) is 6.10 Å². The first-order valence-electron chi connectivity index (χ1n) is 22.5. The number of carbonyl (C=O) groups excluding carboxylic acids is 2. The number of phosphoric ester groups is 1. The number of carbonyl (C=O) groups is 2. The summed E-state index contributed by atoms with van der Waals surface area (Å²) in [4.78, 5) is 34.8. The van der Waals surface area contributed by atoms with Gasteiger partial charge in [0.2, 0.25) is 0 Å². The number of phosphoric acid groups is 1. The summed E-state index contributed by atoms with van der Waals surface area (Å²) in [6, 6.07) is 0. The Balaban J connectivity index is 4.01. The van der Waals surface area contributed by atoms with Crippen molar-refractivity contribution in [2.45, 2.75) is 238 Å². The second kappa shape index (κ2) is 40.2. The van der Waals surface area contributed by atoms with Gasteiger partial charge in [-0.15, -0.1) is 0 Å². The van der Waals surface area contributed by atoms with Crippen LogP contribution in [-0.4, -0.2) is 65.7 Å². The van der Waals surface area contributed by atoms with Gasteiger partial charge < -0.3 is 24.6 Å². The molecule has 0 aromatic carbocycles. The fourth-order valence-corrected chi connectivity index (χ4v) is 7.31. The van der Waals surface area contributed by atoms with Crippen LogP contribution in [0.1, 0.15) is 226 Å². The van der Waals surface area contributed by atoms with Crippen LogP contribution in [0.2, 0.25) is 0 Å². The van der Waals surface area contributed by atoms with Crippen molar-refractivity contribution >= 4 is 19.8 Å². The molecular formula is C43H85O10P. The molecule has 0 amide bonds. The SMILES string of the molecule is CCCCCCCCCCCCCCCCCCCCCCCCCC(=O)OC[C@@H](COP(=O)(O)OC[C@H](O)CO)OC(=O)CCCCCCCCCC. The summed E-state index contributed by atoms with van der Waals surface area (Å²) in [5.74, 6) is -0.915. The van der Waals surface area contributed by atoms with E-state index in [1.807, 2.05) is 0 Å². The molecule has 322 valence electrons. The van der Waals surface area contributed by atoms with Crippen LogP contribution in [0, 0.1) is 0 Å². The molecule has 0 bridgehead atoms. The predicted octanol–water partition coefficient (Wildman–Crippen LogP) is 11.8. The molecule has 0 fully saturated rings. The topological polar surface area (TPSA) is 149 Å². The molecule has 0 aliphatic carbocycles. The van der Waals surface area contributed by atoms with Crippen molar-refractivity contribution < 1.29 is 47.8 Å². The Labute approximate surface area is 331 Å². The summed E-state index contributed by atoms with van der Waals surface area (Å²) < 4.78 is 32.6. The highest BCUT2D eigenvalue weighted by Crippen LogP contribution is 2.43. The highest BCUT2D eigenvalue weighted by molar-refractivity contribution is 7.47. The smallest absolute Gasteiger partial charge is 0.462 e. The highest BCUT2D eigenvalue weighted by atomic mass is 31.2. The van der Waals surface area contributed by atoms with Crippen LogP contribution in [0.4, 0.5) is 0 Å². The summed E-state index contributed by atoms with van der Waals surface area (Å²) in [7, 11) is -4.60. The highest BCUT2D eigenvalue weighted by Gasteiger charge is 2.27. The van der Waals surface area contributed by atoms with E-state index >= 15 is 0 Å². The third-order valence-corrected chi connectivity index (χ3v) is 11.0. The zero-order valence-corrected chi connectivity index (χ0v) is 35.9. The lowest BCUT2D eigenvalue weighted by Gasteiger charge is -2.20. The van der Waals surface area contributed by atoms with Gasteiger partial charge in [-0.25, -0.2) is 4.57 Å². The van der Waals surface area contributed by atoms with Gasteiger partial charge in [0.25, 0.3) is 0 Å². The molecule has 0 saturated carbocycles. The zero-order chi connectivity index (χ0) is 39.8. The number of aliphatic hydroxyl groups excluding tert-OH is 2. The number of rotatable bonds is 43. The normalized spacial score (nSPS) is 13.8. The van der Waals surface area contributed by atoms with Crippen molar-refractivity contribution in [3.05, 3.63) is 0 Å². The lowest BCUT2D eigenvalue weighted by molar-refractivity contribution is -0.161. The first-order valence-corrected chi connectivity index (χ1v) is 24.0. The number of hydrogen-bond donors (Lipinski definition) is 3. The molecule has 0 radical (unpaired) electrons. The number of esters is 2. The third kappa shape index (κ3) is 39.2. The van der Waals surface area contributed by atoms with E-state index in [2.05, 4.69) is 18.4 Å². The van der Waals surface area contributed by atoms with Crippen LogP contribution < -0.4 is 0 Å². The maximum atomic E-state index is 12.5. The molecule has 0 aromatic rings. The van der Waals surface area contributed by atoms with E-state index < -0.39 is 51.8 Å². The van der Waals surface area contributed by atoms with E-state index in [9.17, 15) is 24.2 Å². The van der Waals surface area contributed by atoms with Crippen LogP contribution in [0.3, 0.4) is 0 Å². The lowest BCUT2D eigenvalue weighted by atomic mass is 10.0. The van der Waals surface area contributed by atoms with E-state index in [-0.39, 0.29) is 19.4 Å². The van der Waals surface area contributed by atoms with Crippen LogP contribution in [0.25, 0.3) is 0 Å². The van der Waals surface area contributed by atoms with Gasteiger partial charge in [0.05, 0.1) is 19.8 Å². The average Bonchev–Trinajstić information content (AvgIpc) is 3.16. The summed E-state index contributed by atoms with van der Waals surface area (Å²) >= 11 is 0. The Bertz CT molecular complexity index is 873. The van der Waals surface area contributed by atoms with E-state index in [0.717, 1.165) is 32.1 Å². The molecule has 3 N–H and O–H groups in total. The molecule has 0 aliphatic heterocycles. The summed E-state index contributed by atoms with van der Waals surface area (Å²) in [6.45, 7) is 2.38. The van der Waals surface area contributed by atoms with E-state index in [1.54, 1.807) is 0 Å². The largest absolute Gasteiger partial charge is 0.472 e. The molecule has 0 aromatic heterocycles. The molecule has 0 spiro atoms. The number of ether oxygens (including phenoxy) is 2. The van der Waals surface area contributed by atoms with Gasteiger partial charge in [0.1, 0.15) is 12.7 Å². The minimum atomic E-state index is -4.60. The fourth-order valence-electron chi connectivity index (χ4n) is 6.52. The fraction of sp³-hybridized carbons (Fsp3) is 0.953. The third-order valence-electron chi connectivity index (χ3n) is 10.0. The Morgan fingerprint density at radius 3 is 1.15 bits per heavy atom. The monoisotopic (exact) mass is 793 g/mol. The standard InChI is InChI=1S/C43H85O10P/c1-3-5-7-9-11-13-14-15-16-17-18-19-20-21-22-23-24-25-26-27-29-30-32-34-42(46)50-38-41(39-52-54(48,49)51-37-40(45)36-44)53-43(47)35-33-31-28-12-10-8-6-4-2/h40-41,44-45H,3-39H2,1-2H3,(H,48,49)/t40-,41+/m1/s1. The maximum absolute atomic E-state index is 12.5. The van der Waals surface area contributed by atoms with Crippen molar-refractivity contribution in [1.29, 1.82) is 0 Å². The summed E-state index contributed by atoms with van der Waals surface area (Å²) in [5, 5.41) is 18.3. The molecule has 3 atom stereocenters. The molecule has 0 rings (SSSR count). The number of hydrogen-bond acceptors (Lipinski definition) is 9. The van der Waals surface area contributed by atoms with E-state index in [1.165, 1.54) is 154 Å². The Kier molecular flexibility index (Phi) is 39.4. The molecule has 1 unspecified atom stereocenters. The van der Waals surface area contributed by atoms with Crippen molar-refractivity contribution in [3.8, 4) is 0 Å². The lowest BCUT2D eigenvalue weighted by Crippen LogP contribution is -2.29. The molecular weight excluding hydrogens is 707 g/mol. The van der Waals surface area contributed by atoms with Gasteiger partial charge in [-0.3, -0.25) is 18.6 Å². The van der Waals surface area contributed by atoms with Crippen molar-refractivity contribution in [2.24, 2.45) is 0 Å². The number of aliphatic hydroxyl groups is 2. The molecule has 10 nitrogen and oxygen atoms in total. The van der Waals surface area contributed by atoms with Crippen LogP contribution in [-0.2, 0) is 32.7 Å². The summed E-state index contributed by atoms with van der Waals surface area (Å²) in [6.07, 6.45) is 36.7. The van der Waals surface area contributed by atoms with Gasteiger partial charge in [-0.2, -0.15) is 0 Å². The molecule has 0 heterocycles. The van der Waals surface area contributed by atoms with Crippen LogP contribution in [0.5, 0.6) is 0 Å². The average molecular weight is 793 g/mol. The maximum Gasteiger partial charge on any atom is 0.472 e. The van der Waals surface area contributed by atoms with Crippen LogP contribution in [0.15, 0.2) is 0 Å². The van der Waals surface area contributed by atoms with Crippen molar-refractivity contribution in [1.82, 2.24) is 0 Å². The van der Waals surface area contributed by atoms with Gasteiger partial charge in [-0.1, -0.05) is 200 Å². The Morgan fingerprint density at radius 2 is 0.796 bits per heavy atom. The first-order chi connectivity index (χ1) is 26.2. The quantitative estimate of drug-likeness (QED) is 0.0309. The second-order valence-corrected chi connectivity index (χ2v) is 16.9. The first kappa shape index (κ1) is 53.0. The van der Waals surface area contributed by atoms with Crippen molar-refractivity contribution in [3.63, 3.8) is 0 Å². The predicted molar refractivity (Wildman–Crippen MR) is 219 cm³/mol.